The molecule has 1 N–H and O–H groups in total. The van der Waals surface area contributed by atoms with Gasteiger partial charge < -0.3 is 5.32 Å². The molecule has 1 aromatic heterocycles. The smallest absolute Gasteiger partial charge is 0.224 e. The third kappa shape index (κ3) is 4.97. The first-order valence-corrected chi connectivity index (χ1v) is 10.1. The first-order valence-electron chi connectivity index (χ1n) is 7.73. The van der Waals surface area contributed by atoms with Crippen LogP contribution in [0.2, 0.25) is 0 Å². The summed E-state index contributed by atoms with van der Waals surface area (Å²) in [6.07, 6.45) is 6.74. The maximum Gasteiger partial charge on any atom is 0.224 e. The lowest BCUT2D eigenvalue weighted by atomic mass is 10.1. The average molecular weight is 349 g/mol. The van der Waals surface area contributed by atoms with Crippen molar-refractivity contribution in [3.63, 3.8) is 0 Å². The number of carbonyl (C=O) groups is 1. The van der Waals surface area contributed by atoms with Gasteiger partial charge in [-0.3, -0.25) is 4.79 Å². The summed E-state index contributed by atoms with van der Waals surface area (Å²) in [5.74, 6) is 1.35. The van der Waals surface area contributed by atoms with Crippen LogP contribution in [-0.4, -0.2) is 37.1 Å². The van der Waals surface area contributed by atoms with Crippen molar-refractivity contribution < 1.29 is 4.79 Å². The van der Waals surface area contributed by atoms with Crippen molar-refractivity contribution in [3.05, 3.63) is 30.6 Å². The summed E-state index contributed by atoms with van der Waals surface area (Å²) < 4.78 is 1.57. The highest BCUT2D eigenvalue weighted by atomic mass is 33.1. The molecule has 2 aromatic rings. The van der Waals surface area contributed by atoms with Gasteiger partial charge in [0, 0.05) is 23.1 Å². The molecule has 1 saturated heterocycles. The molecule has 0 bridgehead atoms. The first kappa shape index (κ1) is 16.3. The number of tetrazole rings is 1. The average Bonchev–Trinajstić information content (AvgIpc) is 3.26. The molecule has 1 atom stereocenters. The van der Waals surface area contributed by atoms with E-state index in [1.165, 1.54) is 24.9 Å². The molecule has 0 saturated carbocycles. The summed E-state index contributed by atoms with van der Waals surface area (Å²) in [4.78, 5) is 12.0. The zero-order valence-electron chi connectivity index (χ0n) is 12.7. The molecule has 2 heterocycles. The van der Waals surface area contributed by atoms with Gasteiger partial charge in [0.2, 0.25) is 5.91 Å². The number of anilines is 1. The quantitative estimate of drug-likeness (QED) is 0.611. The lowest BCUT2D eigenvalue weighted by Gasteiger charge is -2.08. The van der Waals surface area contributed by atoms with Gasteiger partial charge >= 0.3 is 0 Å². The van der Waals surface area contributed by atoms with Crippen molar-refractivity contribution in [2.24, 2.45) is 0 Å². The Bertz CT molecular complexity index is 611. The van der Waals surface area contributed by atoms with Gasteiger partial charge in [0.05, 0.1) is 5.69 Å². The van der Waals surface area contributed by atoms with Crippen LogP contribution < -0.4 is 5.32 Å². The van der Waals surface area contributed by atoms with Crippen LogP contribution in [0.3, 0.4) is 0 Å². The van der Waals surface area contributed by atoms with Crippen molar-refractivity contribution >= 4 is 33.2 Å². The number of amides is 1. The number of nitrogens with one attached hydrogen (secondary N) is 1. The zero-order valence-corrected chi connectivity index (χ0v) is 14.4. The number of hydrogen-bond acceptors (Lipinski definition) is 6. The van der Waals surface area contributed by atoms with Crippen molar-refractivity contribution in [1.29, 1.82) is 0 Å². The van der Waals surface area contributed by atoms with Crippen LogP contribution in [0.4, 0.5) is 5.69 Å². The van der Waals surface area contributed by atoms with Crippen LogP contribution in [0.25, 0.3) is 5.69 Å². The second-order valence-corrected chi connectivity index (χ2v) is 8.21. The van der Waals surface area contributed by atoms with Gasteiger partial charge in [-0.25, -0.2) is 4.68 Å². The number of benzene rings is 1. The minimum Gasteiger partial charge on any atom is -0.326 e. The van der Waals surface area contributed by atoms with Crippen molar-refractivity contribution in [3.8, 4) is 5.69 Å². The second kappa shape index (κ2) is 8.35. The molecule has 1 amide bonds. The molecule has 0 unspecified atom stereocenters. The molecule has 122 valence electrons. The summed E-state index contributed by atoms with van der Waals surface area (Å²) in [5, 5.41) is 14.8. The Labute approximate surface area is 143 Å². The first-order chi connectivity index (χ1) is 11.3. The fraction of sp³-hybridized carbons (Fsp3) is 0.467. The van der Waals surface area contributed by atoms with Crippen molar-refractivity contribution in [1.82, 2.24) is 20.2 Å². The van der Waals surface area contributed by atoms with Crippen LogP contribution in [0.5, 0.6) is 0 Å². The van der Waals surface area contributed by atoms with E-state index in [1.54, 1.807) is 4.68 Å². The molecule has 8 heteroatoms. The number of nitrogens with zero attached hydrogens (tertiary/aromatic N) is 4. The molecular weight excluding hydrogens is 330 g/mol. The van der Waals surface area contributed by atoms with E-state index >= 15 is 0 Å². The maximum absolute atomic E-state index is 12.0. The number of hydrogen-bond donors (Lipinski definition) is 1. The minimum absolute atomic E-state index is 0.0774. The molecule has 1 aliphatic heterocycles. The third-order valence-electron chi connectivity index (χ3n) is 3.67. The van der Waals surface area contributed by atoms with Gasteiger partial charge in [0.1, 0.15) is 6.33 Å². The number of aromatic nitrogens is 4. The van der Waals surface area contributed by atoms with Crippen LogP contribution >= 0.6 is 21.6 Å². The summed E-state index contributed by atoms with van der Waals surface area (Å²) in [6, 6.07) is 7.48. The number of carbonyl (C=O) groups excluding carboxylic acids is 1. The minimum atomic E-state index is 0.0774. The molecule has 23 heavy (non-hydrogen) atoms. The third-order valence-corrected chi connectivity index (χ3v) is 6.68. The Morgan fingerprint density at radius 3 is 2.87 bits per heavy atom. The molecule has 0 aliphatic carbocycles. The predicted molar refractivity (Wildman–Crippen MR) is 94.7 cm³/mol. The Kier molecular flexibility index (Phi) is 5.93. The van der Waals surface area contributed by atoms with Crippen LogP contribution in [-0.2, 0) is 4.79 Å². The molecule has 3 rings (SSSR count). The van der Waals surface area contributed by atoms with E-state index in [1.807, 2.05) is 45.9 Å². The van der Waals surface area contributed by atoms with Crippen LogP contribution in [0.1, 0.15) is 32.1 Å². The molecule has 6 nitrogen and oxygen atoms in total. The van der Waals surface area contributed by atoms with Gasteiger partial charge in [-0.05, 0) is 54.0 Å². The molecule has 0 spiro atoms. The summed E-state index contributed by atoms with van der Waals surface area (Å²) in [6.45, 7) is 0. The van der Waals surface area contributed by atoms with Crippen LogP contribution in [0.15, 0.2) is 30.6 Å². The lowest BCUT2D eigenvalue weighted by Crippen LogP contribution is -2.11. The van der Waals surface area contributed by atoms with Crippen LogP contribution in [0, 0.1) is 0 Å². The number of rotatable bonds is 7. The largest absolute Gasteiger partial charge is 0.326 e. The Hall–Kier alpha value is -1.54. The standard InChI is InChI=1S/C15H19N5OS2/c21-15(4-2-1-3-14-9-10-22-23-14)17-12-5-7-13(8-6-12)20-11-16-18-19-20/h5-8,11,14H,1-4,9-10H2,(H,17,21)/t14-/m1/s1. The Morgan fingerprint density at radius 2 is 2.17 bits per heavy atom. The van der Waals surface area contributed by atoms with Crippen molar-refractivity contribution in [2.45, 2.75) is 37.4 Å². The van der Waals surface area contributed by atoms with E-state index in [4.69, 9.17) is 0 Å². The SMILES string of the molecule is O=C(CCCC[C@@H]1CCSS1)Nc1ccc(-n2cnnn2)cc1. The fourth-order valence-corrected chi connectivity index (χ4v) is 5.45. The van der Waals surface area contributed by atoms with E-state index in [2.05, 4.69) is 20.8 Å². The lowest BCUT2D eigenvalue weighted by molar-refractivity contribution is -0.116. The van der Waals surface area contributed by atoms with E-state index in [-0.39, 0.29) is 5.91 Å². The Balaban J connectivity index is 1.39. The highest BCUT2D eigenvalue weighted by Crippen LogP contribution is 2.39. The topological polar surface area (TPSA) is 72.7 Å². The van der Waals surface area contributed by atoms with Gasteiger partial charge in [-0.15, -0.1) is 5.10 Å². The van der Waals surface area contributed by atoms with Gasteiger partial charge in [0.15, 0.2) is 0 Å². The highest BCUT2D eigenvalue weighted by Gasteiger charge is 2.15. The van der Waals surface area contributed by atoms with E-state index in [0.29, 0.717) is 6.42 Å². The molecular formula is C15H19N5OS2. The van der Waals surface area contributed by atoms with E-state index in [9.17, 15) is 4.79 Å². The van der Waals surface area contributed by atoms with Crippen molar-refractivity contribution in [2.75, 3.05) is 11.1 Å². The summed E-state index contributed by atoms with van der Waals surface area (Å²) in [5.41, 5.74) is 1.66. The normalized spacial score (nSPS) is 17.3. The molecule has 1 fully saturated rings. The van der Waals surface area contributed by atoms with Gasteiger partial charge in [0.25, 0.3) is 0 Å². The van der Waals surface area contributed by atoms with E-state index < -0.39 is 0 Å². The molecule has 0 radical (unpaired) electrons. The molecule has 1 aromatic carbocycles. The maximum atomic E-state index is 12.0. The predicted octanol–water partition coefficient (Wildman–Crippen LogP) is 3.31. The second-order valence-electron chi connectivity index (χ2n) is 5.42. The summed E-state index contributed by atoms with van der Waals surface area (Å²) in [7, 11) is 3.98. The summed E-state index contributed by atoms with van der Waals surface area (Å²) >= 11 is 0. The Morgan fingerprint density at radius 1 is 1.30 bits per heavy atom. The number of unbranched alkanes of at least 4 members (excludes halogenated alkanes) is 1. The zero-order chi connectivity index (χ0) is 15.9. The highest BCUT2D eigenvalue weighted by molar-refractivity contribution is 8.77. The van der Waals surface area contributed by atoms with E-state index in [0.717, 1.165) is 29.5 Å². The monoisotopic (exact) mass is 349 g/mol. The fourth-order valence-electron chi connectivity index (χ4n) is 2.42. The molecule has 1 aliphatic rings. The van der Waals surface area contributed by atoms with Gasteiger partial charge in [-0.2, -0.15) is 0 Å². The van der Waals surface area contributed by atoms with Gasteiger partial charge in [-0.1, -0.05) is 28.0 Å².